The molecule has 108 valence electrons. The van der Waals surface area contributed by atoms with Crippen molar-refractivity contribution in [3.8, 4) is 0 Å². The molecule has 0 unspecified atom stereocenters. The largest absolute Gasteiger partial charge is 0.380 e. The van der Waals surface area contributed by atoms with Crippen molar-refractivity contribution in [2.45, 2.75) is 39.1 Å². The zero-order chi connectivity index (χ0) is 14.1. The molecule has 1 aromatic carbocycles. The number of ether oxygens (including phenoxy) is 2. The maximum absolute atomic E-state index is 13.1. The van der Waals surface area contributed by atoms with E-state index >= 15 is 0 Å². The van der Waals surface area contributed by atoms with Crippen LogP contribution in [0.25, 0.3) is 0 Å². The second-order valence-electron chi connectivity index (χ2n) is 4.24. The van der Waals surface area contributed by atoms with Gasteiger partial charge in [0, 0.05) is 19.6 Å². The normalized spacial score (nSPS) is 11.9. The van der Waals surface area contributed by atoms with E-state index < -0.39 is 5.97 Å². The number of benzene rings is 1. The SMILES string of the molecule is CCOC(CCCc1cccc(F)c1)(O[SiH3])OCC. The van der Waals surface area contributed by atoms with E-state index in [1.54, 1.807) is 12.1 Å². The first-order valence-electron chi connectivity index (χ1n) is 6.73. The van der Waals surface area contributed by atoms with Crippen LogP contribution in [0.15, 0.2) is 24.3 Å². The van der Waals surface area contributed by atoms with Gasteiger partial charge in [0.25, 0.3) is 5.97 Å². The number of hydrogen-bond acceptors (Lipinski definition) is 3. The standard InChI is InChI=1S/C14H23FO3Si/c1-3-16-14(18-19,17-4-2)10-6-8-12-7-5-9-13(15)11-12/h5,7,9,11H,3-4,6,8,10H2,1-2,19H3. The van der Waals surface area contributed by atoms with E-state index in [9.17, 15) is 4.39 Å². The summed E-state index contributed by atoms with van der Waals surface area (Å²) < 4.78 is 29.8. The van der Waals surface area contributed by atoms with Crippen molar-refractivity contribution in [2.24, 2.45) is 0 Å². The van der Waals surface area contributed by atoms with Gasteiger partial charge in [0.1, 0.15) is 5.82 Å². The first kappa shape index (κ1) is 16.3. The Morgan fingerprint density at radius 2 is 1.89 bits per heavy atom. The Kier molecular flexibility index (Phi) is 7.23. The predicted octanol–water partition coefficient (Wildman–Crippen LogP) is 2.17. The van der Waals surface area contributed by atoms with E-state index in [2.05, 4.69) is 0 Å². The maximum Gasteiger partial charge on any atom is 0.272 e. The summed E-state index contributed by atoms with van der Waals surface area (Å²) in [7, 11) is 0.550. The quantitative estimate of drug-likeness (QED) is 0.514. The molecule has 0 aromatic heterocycles. The average Bonchev–Trinajstić information content (AvgIpc) is 2.39. The van der Waals surface area contributed by atoms with Crippen molar-refractivity contribution in [1.29, 1.82) is 0 Å². The third kappa shape index (κ3) is 5.40. The molecule has 0 heterocycles. The van der Waals surface area contributed by atoms with Crippen molar-refractivity contribution in [3.63, 3.8) is 0 Å². The van der Waals surface area contributed by atoms with Crippen molar-refractivity contribution >= 4 is 10.5 Å². The first-order chi connectivity index (χ1) is 9.15. The van der Waals surface area contributed by atoms with E-state index in [1.807, 2.05) is 19.9 Å². The lowest BCUT2D eigenvalue weighted by Gasteiger charge is -2.31. The Bertz CT molecular complexity index is 367. The topological polar surface area (TPSA) is 27.7 Å². The van der Waals surface area contributed by atoms with Gasteiger partial charge in [-0.05, 0) is 44.4 Å². The molecule has 19 heavy (non-hydrogen) atoms. The average molecular weight is 286 g/mol. The van der Waals surface area contributed by atoms with E-state index in [4.69, 9.17) is 13.9 Å². The number of aryl methyl sites for hydroxylation is 1. The van der Waals surface area contributed by atoms with Crippen LogP contribution in [0.2, 0.25) is 0 Å². The van der Waals surface area contributed by atoms with Gasteiger partial charge in [-0.1, -0.05) is 12.1 Å². The molecule has 0 aliphatic rings. The smallest absolute Gasteiger partial charge is 0.272 e. The summed E-state index contributed by atoms with van der Waals surface area (Å²) >= 11 is 0. The van der Waals surface area contributed by atoms with E-state index in [0.29, 0.717) is 30.1 Å². The molecule has 0 amide bonds. The first-order valence-corrected chi connectivity index (χ1v) is 7.55. The van der Waals surface area contributed by atoms with Gasteiger partial charge in [-0.15, -0.1) is 0 Å². The van der Waals surface area contributed by atoms with Crippen molar-refractivity contribution in [1.82, 2.24) is 0 Å². The van der Waals surface area contributed by atoms with Crippen LogP contribution >= 0.6 is 0 Å². The fourth-order valence-electron chi connectivity index (χ4n) is 2.05. The summed E-state index contributed by atoms with van der Waals surface area (Å²) in [6.07, 6.45) is 2.25. The summed E-state index contributed by atoms with van der Waals surface area (Å²) in [5.74, 6) is -1.11. The van der Waals surface area contributed by atoms with Crippen molar-refractivity contribution in [3.05, 3.63) is 35.6 Å². The second-order valence-corrected chi connectivity index (χ2v) is 4.64. The van der Waals surface area contributed by atoms with Crippen LogP contribution < -0.4 is 0 Å². The van der Waals surface area contributed by atoms with Crippen LogP contribution in [0.1, 0.15) is 32.3 Å². The molecule has 0 aliphatic heterocycles. The molecule has 3 nitrogen and oxygen atoms in total. The monoisotopic (exact) mass is 286 g/mol. The molecule has 0 saturated carbocycles. The minimum atomic E-state index is -0.914. The molecule has 1 rings (SSSR count). The fraction of sp³-hybridized carbons (Fsp3) is 0.571. The Hall–Kier alpha value is -0.753. The van der Waals surface area contributed by atoms with Gasteiger partial charge in [0.05, 0.1) is 0 Å². The van der Waals surface area contributed by atoms with E-state index in [0.717, 1.165) is 18.4 Å². The highest BCUT2D eigenvalue weighted by Gasteiger charge is 2.30. The van der Waals surface area contributed by atoms with Crippen LogP contribution in [0.5, 0.6) is 0 Å². The molecule has 1 aromatic rings. The Morgan fingerprint density at radius 1 is 1.21 bits per heavy atom. The third-order valence-corrected chi connectivity index (χ3v) is 3.50. The lowest BCUT2D eigenvalue weighted by atomic mass is 10.1. The van der Waals surface area contributed by atoms with Gasteiger partial charge >= 0.3 is 0 Å². The summed E-state index contributed by atoms with van der Waals surface area (Å²) in [6.45, 7) is 4.92. The predicted molar refractivity (Wildman–Crippen MR) is 76.3 cm³/mol. The van der Waals surface area contributed by atoms with Crippen LogP contribution in [0.4, 0.5) is 4.39 Å². The highest BCUT2D eigenvalue weighted by molar-refractivity contribution is 5.98. The number of hydrogen-bond donors (Lipinski definition) is 0. The molecule has 5 heteroatoms. The molecule has 0 N–H and O–H groups in total. The van der Waals surface area contributed by atoms with Gasteiger partial charge in [-0.3, -0.25) is 0 Å². The van der Waals surface area contributed by atoms with Crippen LogP contribution in [-0.4, -0.2) is 29.7 Å². The lowest BCUT2D eigenvalue weighted by molar-refractivity contribution is -0.343. The Labute approximate surface area is 117 Å². The van der Waals surface area contributed by atoms with Gasteiger partial charge in [-0.2, -0.15) is 0 Å². The zero-order valence-corrected chi connectivity index (χ0v) is 13.9. The van der Waals surface area contributed by atoms with Gasteiger partial charge in [0.2, 0.25) is 0 Å². The molecule has 0 radical (unpaired) electrons. The minimum Gasteiger partial charge on any atom is -0.380 e. The van der Waals surface area contributed by atoms with E-state index in [-0.39, 0.29) is 5.82 Å². The molecule has 0 bridgehead atoms. The number of rotatable bonds is 9. The summed E-state index contributed by atoms with van der Waals surface area (Å²) in [6, 6.07) is 6.67. The van der Waals surface area contributed by atoms with Crippen LogP contribution in [0, 0.1) is 5.82 Å². The highest BCUT2D eigenvalue weighted by Crippen LogP contribution is 2.22. The third-order valence-electron chi connectivity index (χ3n) is 2.88. The van der Waals surface area contributed by atoms with E-state index in [1.165, 1.54) is 6.07 Å². The Balaban J connectivity index is 2.51. The molecule has 0 saturated heterocycles. The second kappa shape index (κ2) is 8.42. The maximum atomic E-state index is 13.1. The van der Waals surface area contributed by atoms with Crippen molar-refractivity contribution in [2.75, 3.05) is 13.2 Å². The lowest BCUT2D eigenvalue weighted by Crippen LogP contribution is -2.38. The Morgan fingerprint density at radius 3 is 2.42 bits per heavy atom. The van der Waals surface area contributed by atoms with Crippen molar-refractivity contribution < 1.29 is 18.3 Å². The highest BCUT2D eigenvalue weighted by atomic mass is 28.2. The molecular formula is C14H23FO3Si. The minimum absolute atomic E-state index is 0.197. The van der Waals surface area contributed by atoms with Gasteiger partial charge < -0.3 is 13.9 Å². The van der Waals surface area contributed by atoms with Gasteiger partial charge in [0.15, 0.2) is 10.5 Å². The molecule has 0 spiro atoms. The van der Waals surface area contributed by atoms with Gasteiger partial charge in [-0.25, -0.2) is 4.39 Å². The molecular weight excluding hydrogens is 263 g/mol. The molecule has 0 atom stereocenters. The molecule has 0 aliphatic carbocycles. The van der Waals surface area contributed by atoms with Crippen LogP contribution in [0.3, 0.4) is 0 Å². The fourth-order valence-corrected chi connectivity index (χ4v) is 2.49. The molecule has 0 fully saturated rings. The summed E-state index contributed by atoms with van der Waals surface area (Å²) in [4.78, 5) is 0. The summed E-state index contributed by atoms with van der Waals surface area (Å²) in [5, 5.41) is 0. The zero-order valence-electron chi connectivity index (χ0n) is 11.9. The van der Waals surface area contributed by atoms with Crippen LogP contribution in [-0.2, 0) is 20.3 Å². The summed E-state index contributed by atoms with van der Waals surface area (Å²) in [5.41, 5.74) is 0.982. The number of halogens is 1.